The van der Waals surface area contributed by atoms with Gasteiger partial charge in [-0.1, -0.05) is 6.07 Å². The predicted molar refractivity (Wildman–Crippen MR) is 109 cm³/mol. The van der Waals surface area contributed by atoms with Crippen molar-refractivity contribution in [3.8, 4) is 5.69 Å². The Morgan fingerprint density at radius 2 is 2.04 bits per heavy atom. The van der Waals surface area contributed by atoms with Gasteiger partial charge in [-0.3, -0.25) is 9.36 Å². The lowest BCUT2D eigenvalue weighted by Gasteiger charge is -2.42. The fourth-order valence-electron chi connectivity index (χ4n) is 3.60. The molecule has 0 atom stereocenters. The van der Waals surface area contributed by atoms with Crippen molar-refractivity contribution in [2.24, 2.45) is 0 Å². The van der Waals surface area contributed by atoms with Gasteiger partial charge in [0.15, 0.2) is 0 Å². The number of aromatic nitrogens is 2. The van der Waals surface area contributed by atoms with E-state index in [1.165, 1.54) is 17.8 Å². The molecule has 0 aliphatic heterocycles. The summed E-state index contributed by atoms with van der Waals surface area (Å²) in [6.07, 6.45) is 4.22. The van der Waals surface area contributed by atoms with Crippen LogP contribution in [0.4, 0.5) is 0 Å². The third kappa shape index (κ3) is 2.99. The largest absolute Gasteiger partial charge is 0.301 e. The summed E-state index contributed by atoms with van der Waals surface area (Å²) >= 11 is 1.78. The lowest BCUT2D eigenvalue weighted by Crippen LogP contribution is -2.44. The van der Waals surface area contributed by atoms with Gasteiger partial charge in [-0.25, -0.2) is 4.98 Å². The summed E-state index contributed by atoms with van der Waals surface area (Å²) in [6.45, 7) is 6.35. The molecule has 1 fully saturated rings. The molecule has 136 valence electrons. The summed E-state index contributed by atoms with van der Waals surface area (Å²) in [5.74, 6) is 0.573. The third-order valence-corrected chi connectivity index (χ3v) is 6.84. The van der Waals surface area contributed by atoms with Crippen molar-refractivity contribution in [3.05, 3.63) is 57.5 Å². The lowest BCUT2D eigenvalue weighted by atomic mass is 9.79. The van der Waals surface area contributed by atoms with Gasteiger partial charge in [-0.2, -0.15) is 0 Å². The van der Waals surface area contributed by atoms with Crippen molar-refractivity contribution >= 4 is 21.6 Å². The second-order valence-corrected chi connectivity index (χ2v) is 8.71. The van der Waals surface area contributed by atoms with Crippen LogP contribution in [0.1, 0.15) is 43.2 Å². The number of pyridine rings is 1. The second kappa shape index (κ2) is 6.63. The van der Waals surface area contributed by atoms with E-state index in [1.54, 1.807) is 15.9 Å². The monoisotopic (exact) mass is 367 g/mol. The molecule has 1 saturated carbocycles. The second-order valence-electron chi connectivity index (χ2n) is 7.65. The van der Waals surface area contributed by atoms with Crippen molar-refractivity contribution in [1.82, 2.24) is 14.5 Å². The molecule has 4 rings (SSSR count). The van der Waals surface area contributed by atoms with Crippen molar-refractivity contribution in [1.29, 1.82) is 0 Å². The zero-order chi connectivity index (χ0) is 18.4. The lowest BCUT2D eigenvalue weighted by molar-refractivity contribution is 0.108. The average molecular weight is 368 g/mol. The number of hydrogen-bond acceptors (Lipinski definition) is 4. The van der Waals surface area contributed by atoms with Crippen LogP contribution in [0.2, 0.25) is 0 Å². The first-order chi connectivity index (χ1) is 12.4. The van der Waals surface area contributed by atoms with E-state index in [9.17, 15) is 4.79 Å². The molecule has 2 aromatic heterocycles. The Morgan fingerprint density at radius 1 is 1.27 bits per heavy atom. The number of fused-ring (bicyclic) bond motifs is 1. The molecule has 1 aliphatic rings. The van der Waals surface area contributed by atoms with Gasteiger partial charge in [-0.15, -0.1) is 11.3 Å². The van der Waals surface area contributed by atoms with Gasteiger partial charge in [-0.05, 0) is 64.9 Å². The van der Waals surface area contributed by atoms with Crippen LogP contribution in [0.25, 0.3) is 15.9 Å². The maximum Gasteiger partial charge on any atom is 0.257 e. The molecule has 0 bridgehead atoms. The summed E-state index contributed by atoms with van der Waals surface area (Å²) in [7, 11) is 2.22. The fraction of sp³-hybridized carbons (Fsp3) is 0.429. The molecule has 1 aliphatic carbocycles. The van der Waals surface area contributed by atoms with Gasteiger partial charge in [0.1, 0.15) is 0 Å². The molecule has 5 heteroatoms. The van der Waals surface area contributed by atoms with E-state index < -0.39 is 0 Å². The minimum atomic E-state index is 0.0372. The fourth-order valence-corrected chi connectivity index (χ4v) is 4.73. The van der Waals surface area contributed by atoms with Crippen LogP contribution in [0.3, 0.4) is 0 Å². The highest BCUT2D eigenvalue weighted by atomic mass is 32.1. The topological polar surface area (TPSA) is 38.1 Å². The minimum absolute atomic E-state index is 0.0372. The molecule has 0 radical (unpaired) electrons. The number of rotatable bonds is 4. The number of benzene rings is 1. The molecule has 0 saturated heterocycles. The minimum Gasteiger partial charge on any atom is -0.301 e. The molecule has 4 nitrogen and oxygen atoms in total. The van der Waals surface area contributed by atoms with E-state index in [2.05, 4.69) is 31.9 Å². The van der Waals surface area contributed by atoms with Crippen molar-refractivity contribution in [2.45, 2.75) is 51.6 Å². The highest BCUT2D eigenvalue weighted by Crippen LogP contribution is 2.42. The van der Waals surface area contributed by atoms with Gasteiger partial charge < -0.3 is 4.90 Å². The van der Waals surface area contributed by atoms with Crippen molar-refractivity contribution in [2.75, 3.05) is 7.05 Å². The molecular formula is C21H25N3OS. The molecule has 0 unspecified atom stereocenters. The number of thiazole rings is 1. The van der Waals surface area contributed by atoms with E-state index in [-0.39, 0.29) is 5.56 Å². The zero-order valence-corrected chi connectivity index (χ0v) is 16.6. The first-order valence-electron chi connectivity index (χ1n) is 9.25. The van der Waals surface area contributed by atoms with Crippen LogP contribution in [0.15, 0.2) is 41.3 Å². The van der Waals surface area contributed by atoms with Gasteiger partial charge in [0, 0.05) is 29.8 Å². The van der Waals surface area contributed by atoms with E-state index in [1.807, 2.05) is 37.4 Å². The normalized spacial score (nSPS) is 20.1. The van der Waals surface area contributed by atoms with Crippen LogP contribution in [0.5, 0.6) is 0 Å². The molecule has 0 spiro atoms. The number of hydrogen-bond donors (Lipinski definition) is 0. The number of aryl methyl sites for hydroxylation is 1. The van der Waals surface area contributed by atoms with E-state index in [0.717, 1.165) is 21.5 Å². The Kier molecular flexibility index (Phi) is 4.45. The smallest absolute Gasteiger partial charge is 0.257 e. The van der Waals surface area contributed by atoms with Crippen LogP contribution in [-0.4, -0.2) is 33.6 Å². The van der Waals surface area contributed by atoms with Crippen molar-refractivity contribution in [3.63, 3.8) is 0 Å². The summed E-state index contributed by atoms with van der Waals surface area (Å²) in [5, 5.41) is 1.24. The maximum absolute atomic E-state index is 12.4. The Labute approximate surface area is 158 Å². The first-order valence-corrected chi connectivity index (χ1v) is 10.1. The van der Waals surface area contributed by atoms with Gasteiger partial charge in [0.25, 0.3) is 5.56 Å². The standard InChI is InChI=1S/C21H25N3OS/c1-13(2)23(4)17-10-15(11-17)20-22-18-8-7-16(12-19(18)26-20)24-9-5-6-14(3)21(24)25/h5-9,12-13,15,17H,10-11H2,1-4H3/t15-,17-. The predicted octanol–water partition coefficient (Wildman–Crippen LogP) is 4.34. The van der Waals surface area contributed by atoms with E-state index in [0.29, 0.717) is 18.0 Å². The van der Waals surface area contributed by atoms with Crippen LogP contribution < -0.4 is 5.56 Å². The summed E-state index contributed by atoms with van der Waals surface area (Å²) in [5.41, 5.74) is 2.74. The van der Waals surface area contributed by atoms with Crippen LogP contribution in [-0.2, 0) is 0 Å². The summed E-state index contributed by atoms with van der Waals surface area (Å²) < 4.78 is 2.87. The molecular weight excluding hydrogens is 342 g/mol. The Hall–Kier alpha value is -1.98. The molecule has 26 heavy (non-hydrogen) atoms. The highest BCUT2D eigenvalue weighted by molar-refractivity contribution is 7.18. The molecule has 0 amide bonds. The molecule has 1 aromatic carbocycles. The van der Waals surface area contributed by atoms with Gasteiger partial charge in [0.05, 0.1) is 20.9 Å². The van der Waals surface area contributed by atoms with Gasteiger partial charge in [0.2, 0.25) is 0 Å². The highest BCUT2D eigenvalue weighted by Gasteiger charge is 2.35. The molecule has 0 N–H and O–H groups in total. The maximum atomic E-state index is 12.4. The summed E-state index contributed by atoms with van der Waals surface area (Å²) in [4.78, 5) is 19.7. The Balaban J connectivity index is 1.59. The van der Waals surface area contributed by atoms with E-state index >= 15 is 0 Å². The average Bonchev–Trinajstić information content (AvgIpc) is 2.98. The third-order valence-electron chi connectivity index (χ3n) is 5.66. The first kappa shape index (κ1) is 17.4. The Morgan fingerprint density at radius 3 is 2.77 bits per heavy atom. The Bertz CT molecular complexity index is 998. The molecule has 2 heterocycles. The van der Waals surface area contributed by atoms with Crippen LogP contribution >= 0.6 is 11.3 Å². The number of nitrogens with zero attached hydrogens (tertiary/aromatic N) is 3. The van der Waals surface area contributed by atoms with E-state index in [4.69, 9.17) is 4.98 Å². The van der Waals surface area contributed by atoms with Crippen molar-refractivity contribution < 1.29 is 0 Å². The van der Waals surface area contributed by atoms with Gasteiger partial charge >= 0.3 is 0 Å². The molecule has 3 aromatic rings. The zero-order valence-electron chi connectivity index (χ0n) is 15.8. The summed E-state index contributed by atoms with van der Waals surface area (Å²) in [6, 6.07) is 11.1. The SMILES string of the molecule is Cc1cccn(-c2ccc3nc([C@H]4C[C@H](N(C)C(C)C)C4)sc3c2)c1=O. The quantitative estimate of drug-likeness (QED) is 0.688. The van der Waals surface area contributed by atoms with Crippen LogP contribution in [0, 0.1) is 6.92 Å².